The third kappa shape index (κ3) is 0.973. The Kier molecular flexibility index (Phi) is 1.32. The van der Waals surface area contributed by atoms with Gasteiger partial charge in [-0.15, -0.1) is 10.2 Å². The monoisotopic (exact) mass is 167 g/mol. The molecule has 2 rings (SSSR count). The van der Waals surface area contributed by atoms with Crippen LogP contribution in [-0.2, 0) is 0 Å². The van der Waals surface area contributed by atoms with E-state index >= 15 is 0 Å². The maximum absolute atomic E-state index is 5.77. The van der Waals surface area contributed by atoms with Crippen molar-refractivity contribution >= 4 is 17.2 Å². The third-order valence-corrected chi connectivity index (χ3v) is 1.76. The second kappa shape index (κ2) is 2.20. The van der Waals surface area contributed by atoms with Gasteiger partial charge < -0.3 is 0 Å². The maximum Gasteiger partial charge on any atom is 0.160 e. The Morgan fingerprint density at radius 1 is 1.36 bits per heavy atom. The van der Waals surface area contributed by atoms with E-state index in [1.165, 1.54) is 0 Å². The van der Waals surface area contributed by atoms with E-state index in [0.717, 1.165) is 11.5 Å². The van der Waals surface area contributed by atoms with Crippen molar-refractivity contribution in [2.75, 3.05) is 0 Å². The van der Waals surface area contributed by atoms with Gasteiger partial charge in [0.1, 0.15) is 5.82 Å². The molecule has 0 amide bonds. The van der Waals surface area contributed by atoms with Crippen LogP contribution in [0.5, 0.6) is 0 Å². The minimum Gasteiger partial charge on any atom is -0.285 e. The van der Waals surface area contributed by atoms with Gasteiger partial charge in [0.25, 0.3) is 0 Å². The Morgan fingerprint density at radius 3 is 3.00 bits per heavy atom. The topological polar surface area (TPSA) is 30.2 Å². The lowest BCUT2D eigenvalue weighted by atomic mass is 10.5. The van der Waals surface area contributed by atoms with Gasteiger partial charge >= 0.3 is 0 Å². The zero-order chi connectivity index (χ0) is 7.84. The molecule has 0 aromatic carbocycles. The minimum atomic E-state index is 0.695. The van der Waals surface area contributed by atoms with E-state index in [1.54, 1.807) is 12.3 Å². The Labute approximate surface area is 68.6 Å². The quantitative estimate of drug-likeness (QED) is 0.598. The SMILES string of the molecule is Cc1nnc2ccc(Cl)cn12. The van der Waals surface area contributed by atoms with Crippen LogP contribution in [0.4, 0.5) is 0 Å². The van der Waals surface area contributed by atoms with Gasteiger partial charge in [-0.05, 0) is 19.1 Å². The van der Waals surface area contributed by atoms with E-state index in [2.05, 4.69) is 10.2 Å². The molecule has 0 aliphatic carbocycles. The highest BCUT2D eigenvalue weighted by molar-refractivity contribution is 6.30. The summed E-state index contributed by atoms with van der Waals surface area (Å²) in [5, 5.41) is 8.50. The van der Waals surface area contributed by atoms with Crippen LogP contribution in [0.2, 0.25) is 5.02 Å². The van der Waals surface area contributed by atoms with Crippen molar-refractivity contribution in [3.63, 3.8) is 0 Å². The van der Waals surface area contributed by atoms with Crippen LogP contribution >= 0.6 is 11.6 Å². The van der Waals surface area contributed by atoms with Gasteiger partial charge in [0.05, 0.1) is 5.02 Å². The van der Waals surface area contributed by atoms with Crippen LogP contribution in [0.3, 0.4) is 0 Å². The molecule has 4 heteroatoms. The number of halogens is 1. The highest BCUT2D eigenvalue weighted by Gasteiger charge is 1.98. The first kappa shape index (κ1) is 6.61. The second-order valence-electron chi connectivity index (χ2n) is 2.32. The number of fused-ring (bicyclic) bond motifs is 1. The van der Waals surface area contributed by atoms with Crippen molar-refractivity contribution in [1.29, 1.82) is 0 Å². The smallest absolute Gasteiger partial charge is 0.160 e. The maximum atomic E-state index is 5.77. The number of hydrogen-bond acceptors (Lipinski definition) is 2. The fourth-order valence-corrected chi connectivity index (χ4v) is 1.14. The molecule has 0 unspecified atom stereocenters. The summed E-state index contributed by atoms with van der Waals surface area (Å²) in [7, 11) is 0. The van der Waals surface area contributed by atoms with Crippen molar-refractivity contribution in [3.05, 3.63) is 29.2 Å². The fraction of sp³-hybridized carbons (Fsp3) is 0.143. The minimum absolute atomic E-state index is 0.695. The van der Waals surface area contributed by atoms with Crippen LogP contribution in [0.15, 0.2) is 18.3 Å². The molecule has 56 valence electrons. The van der Waals surface area contributed by atoms with Crippen LogP contribution in [0, 0.1) is 6.92 Å². The lowest BCUT2D eigenvalue weighted by Crippen LogP contribution is -1.85. The summed E-state index contributed by atoms with van der Waals surface area (Å²) in [6, 6.07) is 3.63. The van der Waals surface area contributed by atoms with Crippen molar-refractivity contribution in [2.45, 2.75) is 6.92 Å². The van der Waals surface area contributed by atoms with Crippen molar-refractivity contribution in [1.82, 2.24) is 14.6 Å². The molecule has 2 heterocycles. The summed E-state index contributed by atoms with van der Waals surface area (Å²) >= 11 is 5.77. The Hall–Kier alpha value is -1.09. The van der Waals surface area contributed by atoms with Gasteiger partial charge in [0.15, 0.2) is 5.65 Å². The standard InChI is InChI=1S/C7H6ClN3/c1-5-9-10-7-3-2-6(8)4-11(5)7/h2-4H,1H3. The number of pyridine rings is 1. The number of rotatable bonds is 0. The highest BCUT2D eigenvalue weighted by Crippen LogP contribution is 2.10. The molecular formula is C7H6ClN3. The first-order chi connectivity index (χ1) is 5.27. The molecule has 0 aliphatic heterocycles. The van der Waals surface area contributed by atoms with E-state index in [1.807, 2.05) is 17.4 Å². The predicted octanol–water partition coefficient (Wildman–Crippen LogP) is 1.69. The number of nitrogens with zero attached hydrogens (tertiary/aromatic N) is 3. The average Bonchev–Trinajstić information content (AvgIpc) is 2.33. The molecule has 0 fully saturated rings. The highest BCUT2D eigenvalue weighted by atomic mass is 35.5. The molecule has 2 aromatic heterocycles. The molecule has 0 bridgehead atoms. The Bertz CT molecular complexity index is 393. The van der Waals surface area contributed by atoms with Crippen LogP contribution in [0.25, 0.3) is 5.65 Å². The van der Waals surface area contributed by atoms with E-state index < -0.39 is 0 Å². The molecule has 0 radical (unpaired) electrons. The predicted molar refractivity (Wildman–Crippen MR) is 42.7 cm³/mol. The molecule has 0 saturated heterocycles. The zero-order valence-corrected chi connectivity index (χ0v) is 6.71. The number of hydrogen-bond donors (Lipinski definition) is 0. The Morgan fingerprint density at radius 2 is 2.18 bits per heavy atom. The van der Waals surface area contributed by atoms with Crippen LogP contribution in [-0.4, -0.2) is 14.6 Å². The van der Waals surface area contributed by atoms with E-state index in [0.29, 0.717) is 5.02 Å². The van der Waals surface area contributed by atoms with E-state index in [9.17, 15) is 0 Å². The second-order valence-corrected chi connectivity index (χ2v) is 2.76. The first-order valence-corrected chi connectivity index (χ1v) is 3.62. The summed E-state index contributed by atoms with van der Waals surface area (Å²) in [6.45, 7) is 1.89. The van der Waals surface area contributed by atoms with Gasteiger partial charge in [0, 0.05) is 6.20 Å². The van der Waals surface area contributed by atoms with Gasteiger partial charge in [-0.3, -0.25) is 4.40 Å². The van der Waals surface area contributed by atoms with Gasteiger partial charge in [-0.2, -0.15) is 0 Å². The van der Waals surface area contributed by atoms with Crippen LogP contribution < -0.4 is 0 Å². The lowest BCUT2D eigenvalue weighted by molar-refractivity contribution is 1.01. The van der Waals surface area contributed by atoms with Crippen molar-refractivity contribution < 1.29 is 0 Å². The lowest BCUT2D eigenvalue weighted by Gasteiger charge is -1.93. The zero-order valence-electron chi connectivity index (χ0n) is 5.95. The molecule has 3 nitrogen and oxygen atoms in total. The summed E-state index contributed by atoms with van der Waals surface area (Å²) in [5.41, 5.74) is 0.826. The molecule has 0 saturated carbocycles. The summed E-state index contributed by atoms with van der Waals surface area (Å²) in [5.74, 6) is 0.850. The average molecular weight is 168 g/mol. The summed E-state index contributed by atoms with van der Waals surface area (Å²) in [6.07, 6.45) is 1.80. The van der Waals surface area contributed by atoms with Crippen molar-refractivity contribution in [3.8, 4) is 0 Å². The third-order valence-electron chi connectivity index (χ3n) is 1.54. The number of aromatic nitrogens is 3. The number of aryl methyl sites for hydroxylation is 1. The van der Waals surface area contributed by atoms with Gasteiger partial charge in [-0.25, -0.2) is 0 Å². The van der Waals surface area contributed by atoms with E-state index in [4.69, 9.17) is 11.6 Å². The van der Waals surface area contributed by atoms with Gasteiger partial charge in [0.2, 0.25) is 0 Å². The summed E-state index contributed by atoms with van der Waals surface area (Å²) < 4.78 is 1.85. The fourth-order valence-electron chi connectivity index (χ4n) is 0.979. The molecule has 0 N–H and O–H groups in total. The molecule has 0 spiro atoms. The molecule has 2 aromatic rings. The first-order valence-electron chi connectivity index (χ1n) is 3.24. The largest absolute Gasteiger partial charge is 0.285 e. The van der Waals surface area contributed by atoms with Crippen molar-refractivity contribution in [2.24, 2.45) is 0 Å². The normalized spacial score (nSPS) is 10.7. The summed E-state index contributed by atoms with van der Waals surface area (Å²) in [4.78, 5) is 0. The van der Waals surface area contributed by atoms with Crippen LogP contribution in [0.1, 0.15) is 5.82 Å². The Balaban J connectivity index is 2.87. The molecule has 11 heavy (non-hydrogen) atoms. The molecule has 0 atom stereocenters. The van der Waals surface area contributed by atoms with Gasteiger partial charge in [-0.1, -0.05) is 11.6 Å². The molecule has 0 aliphatic rings. The molecular weight excluding hydrogens is 162 g/mol. The van der Waals surface area contributed by atoms with E-state index in [-0.39, 0.29) is 0 Å².